The Morgan fingerprint density at radius 2 is 1.55 bits per heavy atom. The van der Waals surface area contributed by atoms with Gasteiger partial charge in [-0.15, -0.1) is 0 Å². The van der Waals surface area contributed by atoms with E-state index in [1.165, 1.54) is 0 Å². The number of carbonyl (C=O) groups is 2. The first-order chi connectivity index (χ1) is 14.8. The number of rotatable bonds is 7. The van der Waals surface area contributed by atoms with Crippen LogP contribution in [0, 0.1) is 0 Å². The molecule has 0 atom stereocenters. The molecule has 0 bridgehead atoms. The van der Waals surface area contributed by atoms with E-state index in [0.717, 1.165) is 5.56 Å². The minimum Gasteiger partial charge on any atom is -0.497 e. The molecule has 0 radical (unpaired) electrons. The first kappa shape index (κ1) is 22.0. The first-order valence-electron chi connectivity index (χ1n) is 9.93. The smallest absolute Gasteiger partial charge is 0.316 e. The van der Waals surface area contributed by atoms with Crippen LogP contribution in [-0.2, 0) is 5.41 Å². The molecule has 0 spiro atoms. The van der Waals surface area contributed by atoms with Gasteiger partial charge in [0.05, 0.1) is 7.11 Å². The highest BCUT2D eigenvalue weighted by Crippen LogP contribution is 2.22. The molecule has 0 aliphatic carbocycles. The second kappa shape index (κ2) is 9.42. The molecule has 3 aromatic rings. The summed E-state index contributed by atoms with van der Waals surface area (Å²) in [5.74, 6) is 0.164. The quantitative estimate of drug-likeness (QED) is 0.567. The fraction of sp³-hybridized carbons (Fsp3) is 0.304. The number of nitrogens with one attached hydrogen (secondary N) is 2. The minimum atomic E-state index is -0.504. The molecule has 8 nitrogen and oxygen atoms in total. The van der Waals surface area contributed by atoms with Gasteiger partial charge in [0.25, 0.3) is 5.91 Å². The van der Waals surface area contributed by atoms with E-state index in [1.54, 1.807) is 43.5 Å². The molecule has 2 amide bonds. The maximum Gasteiger partial charge on any atom is 0.316 e. The summed E-state index contributed by atoms with van der Waals surface area (Å²) in [5, 5.41) is 9.25. The third-order valence-electron chi connectivity index (χ3n) is 4.68. The van der Waals surface area contributed by atoms with E-state index in [0.29, 0.717) is 22.7 Å². The monoisotopic (exact) mass is 422 g/mol. The standard InChI is InChI=1S/C23H26N4O4/c1-23(2,3)17-9-5-16(6-10-17)20(28)24-13-14-25-21(29)22-26-19(27-31-22)15-7-11-18(30-4)12-8-15/h5-12H,13-14H2,1-4H3,(H,24,28)(H,25,29). The highest BCUT2D eigenvalue weighted by atomic mass is 16.5. The number of methoxy groups -OCH3 is 1. The number of aromatic nitrogens is 2. The number of hydrogen-bond acceptors (Lipinski definition) is 6. The van der Waals surface area contributed by atoms with Crippen molar-refractivity contribution in [3.8, 4) is 17.1 Å². The van der Waals surface area contributed by atoms with Crippen molar-refractivity contribution >= 4 is 11.8 Å². The number of ether oxygens (including phenoxy) is 1. The molecule has 0 saturated heterocycles. The summed E-state index contributed by atoms with van der Waals surface area (Å²) in [6.07, 6.45) is 0. The van der Waals surface area contributed by atoms with Crippen molar-refractivity contribution in [2.45, 2.75) is 26.2 Å². The molecule has 1 heterocycles. The molecule has 0 saturated carbocycles. The predicted octanol–water partition coefficient (Wildman–Crippen LogP) is 3.20. The highest BCUT2D eigenvalue weighted by Gasteiger charge is 2.16. The molecule has 0 aliphatic heterocycles. The molecule has 31 heavy (non-hydrogen) atoms. The zero-order chi connectivity index (χ0) is 22.4. The van der Waals surface area contributed by atoms with Crippen molar-refractivity contribution < 1.29 is 18.8 Å². The Kier molecular flexibility index (Phi) is 6.69. The van der Waals surface area contributed by atoms with Gasteiger partial charge in [-0.3, -0.25) is 9.59 Å². The van der Waals surface area contributed by atoms with Crippen LogP contribution in [0.25, 0.3) is 11.4 Å². The van der Waals surface area contributed by atoms with E-state index in [4.69, 9.17) is 9.26 Å². The molecule has 0 aliphatic rings. The fourth-order valence-corrected chi connectivity index (χ4v) is 2.82. The molecule has 8 heteroatoms. The number of nitrogens with zero attached hydrogens (tertiary/aromatic N) is 2. The van der Waals surface area contributed by atoms with Gasteiger partial charge in [-0.05, 0) is 47.4 Å². The highest BCUT2D eigenvalue weighted by molar-refractivity contribution is 5.94. The molecule has 3 rings (SSSR count). The van der Waals surface area contributed by atoms with Crippen LogP contribution in [-0.4, -0.2) is 42.2 Å². The summed E-state index contributed by atoms with van der Waals surface area (Å²) in [5.41, 5.74) is 2.46. The third-order valence-corrected chi connectivity index (χ3v) is 4.68. The Hall–Kier alpha value is -3.68. The van der Waals surface area contributed by atoms with Gasteiger partial charge in [-0.25, -0.2) is 0 Å². The van der Waals surface area contributed by atoms with E-state index >= 15 is 0 Å². The molecular weight excluding hydrogens is 396 g/mol. The van der Waals surface area contributed by atoms with Gasteiger partial charge in [0.1, 0.15) is 5.75 Å². The van der Waals surface area contributed by atoms with Gasteiger partial charge in [0.2, 0.25) is 5.82 Å². The van der Waals surface area contributed by atoms with E-state index in [-0.39, 0.29) is 30.3 Å². The summed E-state index contributed by atoms with van der Waals surface area (Å²) >= 11 is 0. The number of benzene rings is 2. The van der Waals surface area contributed by atoms with E-state index in [9.17, 15) is 9.59 Å². The molecule has 0 fully saturated rings. The molecule has 1 aromatic heterocycles. The Balaban J connectivity index is 1.47. The fourth-order valence-electron chi connectivity index (χ4n) is 2.82. The van der Waals surface area contributed by atoms with Crippen molar-refractivity contribution in [3.05, 3.63) is 65.5 Å². The number of amides is 2. The van der Waals surface area contributed by atoms with Crippen LogP contribution in [0.15, 0.2) is 53.1 Å². The summed E-state index contributed by atoms with van der Waals surface area (Å²) in [4.78, 5) is 28.6. The Morgan fingerprint density at radius 3 is 2.13 bits per heavy atom. The van der Waals surface area contributed by atoms with Crippen molar-refractivity contribution in [1.29, 1.82) is 0 Å². The van der Waals surface area contributed by atoms with Gasteiger partial charge in [0.15, 0.2) is 0 Å². The lowest BCUT2D eigenvalue weighted by Crippen LogP contribution is -2.34. The van der Waals surface area contributed by atoms with Gasteiger partial charge >= 0.3 is 11.8 Å². The molecule has 0 unspecified atom stereocenters. The molecule has 2 aromatic carbocycles. The summed E-state index contributed by atoms with van der Waals surface area (Å²) in [6.45, 7) is 6.85. The largest absolute Gasteiger partial charge is 0.497 e. The SMILES string of the molecule is COc1ccc(-c2noc(C(=O)NCCNC(=O)c3ccc(C(C)(C)C)cc3)n2)cc1. The lowest BCUT2D eigenvalue weighted by Gasteiger charge is -2.19. The summed E-state index contributed by atoms with van der Waals surface area (Å²) in [6, 6.07) is 14.6. The van der Waals surface area contributed by atoms with Crippen LogP contribution in [0.5, 0.6) is 5.75 Å². The van der Waals surface area contributed by atoms with Crippen LogP contribution >= 0.6 is 0 Å². The number of hydrogen-bond donors (Lipinski definition) is 2. The average Bonchev–Trinajstić information content (AvgIpc) is 3.26. The number of carbonyl (C=O) groups excluding carboxylic acids is 2. The van der Waals surface area contributed by atoms with Crippen LogP contribution in [0.3, 0.4) is 0 Å². The van der Waals surface area contributed by atoms with Crippen molar-refractivity contribution in [2.75, 3.05) is 20.2 Å². The first-order valence-corrected chi connectivity index (χ1v) is 9.93. The average molecular weight is 422 g/mol. The second-order valence-corrected chi connectivity index (χ2v) is 7.99. The Labute approximate surface area is 181 Å². The van der Waals surface area contributed by atoms with Gasteiger partial charge in [-0.2, -0.15) is 4.98 Å². The van der Waals surface area contributed by atoms with Crippen molar-refractivity contribution in [2.24, 2.45) is 0 Å². The van der Waals surface area contributed by atoms with Crippen molar-refractivity contribution in [3.63, 3.8) is 0 Å². The van der Waals surface area contributed by atoms with Crippen LogP contribution < -0.4 is 15.4 Å². The van der Waals surface area contributed by atoms with Crippen LogP contribution in [0.4, 0.5) is 0 Å². The van der Waals surface area contributed by atoms with E-state index in [2.05, 4.69) is 41.5 Å². The molecular formula is C23H26N4O4. The molecule has 2 N–H and O–H groups in total. The Bertz CT molecular complexity index is 1030. The van der Waals surface area contributed by atoms with E-state index in [1.807, 2.05) is 12.1 Å². The summed E-state index contributed by atoms with van der Waals surface area (Å²) in [7, 11) is 1.58. The third kappa shape index (κ3) is 5.69. The van der Waals surface area contributed by atoms with Crippen LogP contribution in [0.2, 0.25) is 0 Å². The second-order valence-electron chi connectivity index (χ2n) is 7.99. The van der Waals surface area contributed by atoms with Crippen LogP contribution in [0.1, 0.15) is 47.4 Å². The van der Waals surface area contributed by atoms with Gasteiger partial charge in [-0.1, -0.05) is 38.1 Å². The molecule has 162 valence electrons. The lowest BCUT2D eigenvalue weighted by molar-refractivity contribution is 0.0898. The Morgan fingerprint density at radius 1 is 0.935 bits per heavy atom. The topological polar surface area (TPSA) is 106 Å². The lowest BCUT2D eigenvalue weighted by atomic mass is 9.87. The van der Waals surface area contributed by atoms with Gasteiger partial charge in [0, 0.05) is 24.2 Å². The normalized spacial score (nSPS) is 11.1. The maximum absolute atomic E-state index is 12.3. The zero-order valence-electron chi connectivity index (χ0n) is 18.1. The predicted molar refractivity (Wildman–Crippen MR) is 116 cm³/mol. The van der Waals surface area contributed by atoms with E-state index < -0.39 is 5.91 Å². The minimum absolute atomic E-state index is 0.0290. The van der Waals surface area contributed by atoms with Crippen molar-refractivity contribution in [1.82, 2.24) is 20.8 Å². The maximum atomic E-state index is 12.3. The zero-order valence-corrected chi connectivity index (χ0v) is 18.1. The van der Waals surface area contributed by atoms with Gasteiger partial charge < -0.3 is 19.9 Å². The summed E-state index contributed by atoms with van der Waals surface area (Å²) < 4.78 is 10.1.